The fraction of sp³-hybridized carbons (Fsp3) is 0.231. The van der Waals surface area contributed by atoms with E-state index in [-0.39, 0.29) is 18.1 Å². The van der Waals surface area contributed by atoms with E-state index in [1.54, 1.807) is 18.7 Å². The second-order valence-electron chi connectivity index (χ2n) is 7.98. The molecule has 0 saturated heterocycles. The lowest BCUT2D eigenvalue weighted by Crippen LogP contribution is -2.41. The van der Waals surface area contributed by atoms with E-state index in [9.17, 15) is 14.4 Å². The van der Waals surface area contributed by atoms with E-state index < -0.39 is 12.0 Å². The maximum absolute atomic E-state index is 13.9. The summed E-state index contributed by atoms with van der Waals surface area (Å²) in [6.45, 7) is 6.10. The normalized spacial score (nSPS) is 18.5. The van der Waals surface area contributed by atoms with Crippen molar-refractivity contribution >= 4 is 34.5 Å². The van der Waals surface area contributed by atoms with E-state index in [1.807, 2.05) is 61.5 Å². The maximum atomic E-state index is 13.9. The first-order valence-electron chi connectivity index (χ1n) is 11.2. The molecule has 8 heteroatoms. The Bertz CT molecular complexity index is 1530. The van der Waals surface area contributed by atoms with E-state index in [4.69, 9.17) is 4.74 Å². The van der Waals surface area contributed by atoms with Crippen LogP contribution in [0.5, 0.6) is 0 Å². The molecule has 3 heterocycles. The van der Waals surface area contributed by atoms with Gasteiger partial charge in [0.2, 0.25) is 0 Å². The lowest BCUT2D eigenvalue weighted by Gasteiger charge is -2.24. The van der Waals surface area contributed by atoms with Crippen LogP contribution in [0, 0.1) is 0 Å². The van der Waals surface area contributed by atoms with Gasteiger partial charge in [0.1, 0.15) is 4.53 Å². The number of anilines is 1. The predicted molar refractivity (Wildman–Crippen MR) is 130 cm³/mol. The number of thiazole rings is 1. The molecule has 0 aliphatic carbocycles. The van der Waals surface area contributed by atoms with Crippen molar-refractivity contribution in [3.05, 3.63) is 96.7 Å². The molecule has 2 aliphatic rings. The molecule has 172 valence electrons. The standard InChI is InChI=1S/C26H23N3O4S/c1-4-28-18-14-10-9-13-17(18)20(23(28)30)22-24(31)29-21(16-11-7-6-8-12-16)19(25(32)33-5-2)15(3)27-26(29)34-22/h6-14,21H,4-5H2,1-3H3/b22-20+/t21-/m1/s1. The summed E-state index contributed by atoms with van der Waals surface area (Å²) in [6.07, 6.45) is 0. The minimum absolute atomic E-state index is 0.202. The molecule has 0 unspecified atom stereocenters. The third-order valence-corrected chi connectivity index (χ3v) is 7.13. The van der Waals surface area contributed by atoms with Crippen LogP contribution in [0.15, 0.2) is 75.7 Å². The highest BCUT2D eigenvalue weighted by Crippen LogP contribution is 2.35. The number of carbonyl (C=O) groups excluding carboxylic acids is 2. The van der Waals surface area contributed by atoms with Gasteiger partial charge in [0.15, 0.2) is 4.80 Å². The van der Waals surface area contributed by atoms with Crippen molar-refractivity contribution in [1.82, 2.24) is 4.57 Å². The van der Waals surface area contributed by atoms with Gasteiger partial charge in [-0.05, 0) is 32.4 Å². The van der Waals surface area contributed by atoms with Crippen molar-refractivity contribution in [2.45, 2.75) is 26.8 Å². The molecule has 0 saturated carbocycles. The third-order valence-electron chi connectivity index (χ3n) is 6.07. The first kappa shape index (κ1) is 22.0. The van der Waals surface area contributed by atoms with E-state index in [1.165, 1.54) is 15.9 Å². The number of likely N-dealkylation sites (N-methyl/N-ethyl adjacent to an activating group) is 1. The Balaban J connectivity index is 1.83. The van der Waals surface area contributed by atoms with Gasteiger partial charge in [-0.3, -0.25) is 14.2 Å². The number of aromatic nitrogens is 1. The van der Waals surface area contributed by atoms with E-state index in [0.717, 1.165) is 16.8 Å². The number of allylic oxidation sites excluding steroid dienone is 1. The van der Waals surface area contributed by atoms with Gasteiger partial charge >= 0.3 is 5.97 Å². The minimum Gasteiger partial charge on any atom is -0.463 e. The number of esters is 1. The zero-order valence-electron chi connectivity index (χ0n) is 19.1. The number of hydrogen-bond donors (Lipinski definition) is 0. The third kappa shape index (κ3) is 3.25. The summed E-state index contributed by atoms with van der Waals surface area (Å²) in [5.74, 6) is -0.707. The average Bonchev–Trinajstić information content (AvgIpc) is 3.30. The van der Waals surface area contributed by atoms with Gasteiger partial charge in [0.05, 0.1) is 35.2 Å². The number of fused-ring (bicyclic) bond motifs is 2. The topological polar surface area (TPSA) is 81.0 Å². The fourth-order valence-corrected chi connectivity index (χ4v) is 5.74. The van der Waals surface area contributed by atoms with Crippen LogP contribution >= 0.6 is 11.3 Å². The molecule has 1 aromatic heterocycles. The van der Waals surface area contributed by atoms with Crippen LogP contribution in [0.1, 0.15) is 37.9 Å². The van der Waals surface area contributed by atoms with Gasteiger partial charge in [-0.25, -0.2) is 9.79 Å². The highest BCUT2D eigenvalue weighted by atomic mass is 32.1. The zero-order valence-corrected chi connectivity index (χ0v) is 19.9. The SMILES string of the molecule is CCOC(=O)C1=C(C)N=c2s/c(=C3/C(=O)N(CC)c4ccccc43)c(=O)n2[C@@H]1c1ccccc1. The first-order valence-corrected chi connectivity index (χ1v) is 12.0. The number of hydrogen-bond acceptors (Lipinski definition) is 6. The molecule has 2 aliphatic heterocycles. The quantitative estimate of drug-likeness (QED) is 0.546. The number of para-hydroxylation sites is 1. The van der Waals surface area contributed by atoms with Gasteiger partial charge in [-0.2, -0.15) is 0 Å². The number of ether oxygens (including phenoxy) is 1. The van der Waals surface area contributed by atoms with Crippen LogP contribution in [0.4, 0.5) is 5.69 Å². The molecule has 5 rings (SSSR count). The van der Waals surface area contributed by atoms with Crippen LogP contribution in [0.2, 0.25) is 0 Å². The van der Waals surface area contributed by atoms with Crippen molar-refractivity contribution < 1.29 is 14.3 Å². The lowest BCUT2D eigenvalue weighted by atomic mass is 9.96. The summed E-state index contributed by atoms with van der Waals surface area (Å²) in [5, 5.41) is 0. The van der Waals surface area contributed by atoms with E-state index in [0.29, 0.717) is 32.7 Å². The number of amides is 1. The number of rotatable bonds is 4. The van der Waals surface area contributed by atoms with Crippen molar-refractivity contribution in [2.75, 3.05) is 18.1 Å². The second kappa shape index (κ2) is 8.53. The Hall–Kier alpha value is -3.78. The van der Waals surface area contributed by atoms with Crippen LogP contribution in [0.25, 0.3) is 5.57 Å². The van der Waals surface area contributed by atoms with Crippen molar-refractivity contribution in [2.24, 2.45) is 4.99 Å². The second-order valence-corrected chi connectivity index (χ2v) is 8.95. The fourth-order valence-electron chi connectivity index (χ4n) is 4.61. The molecule has 0 radical (unpaired) electrons. The monoisotopic (exact) mass is 473 g/mol. The van der Waals surface area contributed by atoms with Crippen LogP contribution in [-0.2, 0) is 14.3 Å². The molecule has 1 atom stereocenters. The van der Waals surface area contributed by atoms with Gasteiger partial charge in [-0.1, -0.05) is 59.9 Å². The molecule has 0 bridgehead atoms. The average molecular weight is 474 g/mol. The Labute approximate surface area is 199 Å². The molecule has 2 aromatic carbocycles. The summed E-state index contributed by atoms with van der Waals surface area (Å²) < 4.78 is 7.17. The van der Waals surface area contributed by atoms with E-state index in [2.05, 4.69) is 4.99 Å². The molecular weight excluding hydrogens is 450 g/mol. The summed E-state index contributed by atoms with van der Waals surface area (Å²) in [7, 11) is 0. The maximum Gasteiger partial charge on any atom is 0.338 e. The molecular formula is C26H23N3O4S. The predicted octanol–water partition coefficient (Wildman–Crippen LogP) is 2.54. The lowest BCUT2D eigenvalue weighted by molar-refractivity contribution is -0.139. The van der Waals surface area contributed by atoms with Crippen molar-refractivity contribution in [1.29, 1.82) is 0 Å². The summed E-state index contributed by atoms with van der Waals surface area (Å²) in [6, 6.07) is 16.1. The molecule has 7 nitrogen and oxygen atoms in total. The first-order chi connectivity index (χ1) is 16.5. The molecule has 1 amide bonds. The van der Waals surface area contributed by atoms with Gasteiger partial charge < -0.3 is 9.64 Å². The molecule has 0 fully saturated rings. The van der Waals surface area contributed by atoms with Crippen LogP contribution in [-0.4, -0.2) is 29.6 Å². The van der Waals surface area contributed by atoms with Gasteiger partial charge in [0.25, 0.3) is 11.5 Å². The number of nitrogens with zero attached hydrogens (tertiary/aromatic N) is 3. The van der Waals surface area contributed by atoms with Crippen molar-refractivity contribution in [3.63, 3.8) is 0 Å². The number of carbonyl (C=O) groups is 2. The Morgan fingerprint density at radius 2 is 1.76 bits per heavy atom. The largest absolute Gasteiger partial charge is 0.463 e. The minimum atomic E-state index is -0.695. The van der Waals surface area contributed by atoms with Crippen LogP contribution in [0.3, 0.4) is 0 Å². The molecule has 0 N–H and O–H groups in total. The number of benzene rings is 2. The van der Waals surface area contributed by atoms with E-state index >= 15 is 0 Å². The Morgan fingerprint density at radius 1 is 1.06 bits per heavy atom. The molecule has 34 heavy (non-hydrogen) atoms. The highest BCUT2D eigenvalue weighted by molar-refractivity contribution is 7.07. The zero-order chi connectivity index (χ0) is 24.0. The summed E-state index contributed by atoms with van der Waals surface area (Å²) >= 11 is 1.18. The summed E-state index contributed by atoms with van der Waals surface area (Å²) in [4.78, 5) is 47.0. The Kier molecular flexibility index (Phi) is 5.53. The van der Waals surface area contributed by atoms with Gasteiger partial charge in [-0.15, -0.1) is 0 Å². The van der Waals surface area contributed by atoms with Gasteiger partial charge in [0, 0.05) is 12.1 Å². The molecule has 0 spiro atoms. The molecule has 3 aromatic rings. The smallest absolute Gasteiger partial charge is 0.338 e. The Morgan fingerprint density at radius 3 is 2.47 bits per heavy atom. The van der Waals surface area contributed by atoms with Crippen molar-refractivity contribution in [3.8, 4) is 0 Å². The highest BCUT2D eigenvalue weighted by Gasteiger charge is 2.36. The summed E-state index contributed by atoms with van der Waals surface area (Å²) in [5.41, 5.74) is 3.15. The van der Waals surface area contributed by atoms with Crippen LogP contribution < -0.4 is 19.8 Å².